The Morgan fingerprint density at radius 3 is 0.923 bits per heavy atom. The van der Waals surface area contributed by atoms with Gasteiger partial charge in [-0.3, -0.25) is 4.79 Å². The third-order valence-electron chi connectivity index (χ3n) is 0. The summed E-state index contributed by atoms with van der Waals surface area (Å²) in [5.74, 6) is -0.667. The number of carboxylic acids is 1. The van der Waals surface area contributed by atoms with Crippen LogP contribution in [-0.4, -0.2) is 38.0 Å². The smallest absolute Gasteiger partial charge is 0.300 e. The maximum atomic E-state index is 9.44. The highest BCUT2D eigenvalue weighted by Crippen LogP contribution is 1.50. The van der Waals surface area contributed by atoms with Gasteiger partial charge in [0.1, 0.15) is 5.78 Å². The fraction of sp³-hybridized carbons (Fsp3) is 0.714. The van der Waals surface area contributed by atoms with E-state index in [4.69, 9.17) is 9.90 Å². The summed E-state index contributed by atoms with van der Waals surface area (Å²) in [6, 6.07) is 0. The number of carboxylic acid groups (broad SMARTS) is 1. The van der Waals surface area contributed by atoms with Gasteiger partial charge in [-0.1, -0.05) is 13.6 Å². The van der Waals surface area contributed by atoms with Crippen LogP contribution in [-0.2, 0) is 9.59 Å². The summed E-state index contributed by atoms with van der Waals surface area (Å²) in [4.78, 5) is 18.4. The molecule has 0 saturated heterocycles. The standard InChI is InChI=1S/C3H6O.C2H4O2.2CH3B.H2O/c1-3(2)4;1-2(3)4;2*1-2;/h1-2H3;1H3,(H,3,4);2*1H3;1H2. The summed E-state index contributed by atoms with van der Waals surface area (Å²) < 4.78 is 0. The van der Waals surface area contributed by atoms with Gasteiger partial charge in [-0.25, -0.2) is 0 Å². The molecule has 0 bridgehead atoms. The van der Waals surface area contributed by atoms with Crippen LogP contribution in [0.4, 0.5) is 0 Å². The molecule has 13 heavy (non-hydrogen) atoms. The zero-order valence-corrected chi connectivity index (χ0v) is 8.92. The zero-order valence-electron chi connectivity index (χ0n) is 8.92. The minimum Gasteiger partial charge on any atom is -0.481 e. The second-order valence-corrected chi connectivity index (χ2v) is 1.43. The van der Waals surface area contributed by atoms with Gasteiger partial charge in [0.15, 0.2) is 0 Å². The molecular formula is C7H18B2O4. The van der Waals surface area contributed by atoms with Crippen LogP contribution in [0.3, 0.4) is 0 Å². The van der Waals surface area contributed by atoms with Gasteiger partial charge >= 0.3 is 0 Å². The molecule has 0 unspecified atom stereocenters. The Morgan fingerprint density at radius 1 is 0.923 bits per heavy atom. The lowest BCUT2D eigenvalue weighted by Gasteiger charge is -1.59. The van der Waals surface area contributed by atoms with Crippen LogP contribution >= 0.6 is 0 Å². The number of rotatable bonds is 0. The van der Waals surface area contributed by atoms with Crippen molar-refractivity contribution in [3.63, 3.8) is 0 Å². The van der Waals surface area contributed by atoms with E-state index in [1.54, 1.807) is 0 Å². The summed E-state index contributed by atoms with van der Waals surface area (Å²) in [6.45, 7) is 7.14. The van der Waals surface area contributed by atoms with Crippen molar-refractivity contribution in [2.45, 2.75) is 34.4 Å². The Morgan fingerprint density at radius 2 is 0.923 bits per heavy atom. The van der Waals surface area contributed by atoms with Gasteiger partial charge in [0.25, 0.3) is 5.97 Å². The number of carbonyl (C=O) groups excluding carboxylic acids is 1. The number of hydrogen-bond donors (Lipinski definition) is 1. The van der Waals surface area contributed by atoms with Crippen molar-refractivity contribution in [3.8, 4) is 0 Å². The minimum absolute atomic E-state index is 0. The number of ketones is 1. The lowest BCUT2D eigenvalue weighted by atomic mass is 10.2. The largest absolute Gasteiger partial charge is 0.481 e. The zero-order chi connectivity index (χ0) is 11.2. The van der Waals surface area contributed by atoms with Crippen LogP contribution in [0.15, 0.2) is 0 Å². The Labute approximate surface area is 82.8 Å². The maximum Gasteiger partial charge on any atom is 0.300 e. The Kier molecular flexibility index (Phi) is 97.5. The van der Waals surface area contributed by atoms with Gasteiger partial charge in [-0.05, 0) is 13.8 Å². The van der Waals surface area contributed by atoms with Crippen molar-refractivity contribution in [2.24, 2.45) is 0 Å². The average molecular weight is 188 g/mol. The van der Waals surface area contributed by atoms with Crippen molar-refractivity contribution in [1.82, 2.24) is 0 Å². The van der Waals surface area contributed by atoms with E-state index in [0.717, 1.165) is 6.92 Å². The second-order valence-electron chi connectivity index (χ2n) is 1.43. The van der Waals surface area contributed by atoms with Gasteiger partial charge in [0, 0.05) is 6.92 Å². The molecule has 0 aromatic heterocycles. The Balaban J connectivity index is -0.0000000226. The molecule has 0 amide bonds. The molecule has 0 saturated carbocycles. The molecule has 0 aromatic rings. The average Bonchev–Trinajstić information content (AvgIpc) is 1.93. The van der Waals surface area contributed by atoms with E-state index < -0.39 is 5.97 Å². The quantitative estimate of drug-likeness (QED) is 0.553. The molecule has 0 aliphatic heterocycles. The van der Waals surface area contributed by atoms with Gasteiger partial charge in [-0.15, -0.1) is 0 Å². The molecule has 0 aliphatic carbocycles. The lowest BCUT2D eigenvalue weighted by Crippen LogP contribution is -1.78. The lowest BCUT2D eigenvalue weighted by molar-refractivity contribution is -0.134. The molecule has 0 heterocycles. The highest BCUT2D eigenvalue weighted by Gasteiger charge is 1.65. The van der Waals surface area contributed by atoms with Crippen LogP contribution in [0, 0.1) is 0 Å². The van der Waals surface area contributed by atoms with Crippen LogP contribution in [0.1, 0.15) is 20.8 Å². The molecule has 3 N–H and O–H groups in total. The van der Waals surface area contributed by atoms with E-state index in [-0.39, 0.29) is 11.3 Å². The van der Waals surface area contributed by atoms with Crippen molar-refractivity contribution in [1.29, 1.82) is 0 Å². The normalized spacial score (nSPS) is 4.69. The summed E-state index contributed by atoms with van der Waals surface area (Å²) in [5.41, 5.74) is 0. The summed E-state index contributed by atoms with van der Waals surface area (Å²) in [7, 11) is 9.00. The van der Waals surface area contributed by atoms with Gasteiger partial charge < -0.3 is 15.4 Å². The Bertz CT molecular complexity index is 76.5. The van der Waals surface area contributed by atoms with Crippen molar-refractivity contribution < 1.29 is 20.2 Å². The van der Waals surface area contributed by atoms with Crippen LogP contribution in [0.5, 0.6) is 0 Å². The molecule has 0 atom stereocenters. The first kappa shape index (κ1) is 29.5. The van der Waals surface area contributed by atoms with E-state index in [2.05, 4.69) is 15.7 Å². The number of aliphatic carboxylic acids is 1. The van der Waals surface area contributed by atoms with E-state index in [0.29, 0.717) is 0 Å². The van der Waals surface area contributed by atoms with E-state index in [9.17, 15) is 4.79 Å². The number of Topliss-reactive ketones (excluding diaryl/α,β-unsaturated/α-hetero) is 1. The highest BCUT2D eigenvalue weighted by atomic mass is 16.4. The third-order valence-corrected chi connectivity index (χ3v) is 0. The first-order valence-corrected chi connectivity index (χ1v) is 3.29. The van der Waals surface area contributed by atoms with Crippen molar-refractivity contribution >= 4 is 27.4 Å². The SMILES string of the molecule is CC(=O)O.CC(C)=O.O.[B]C.[B]C. The molecule has 4 nitrogen and oxygen atoms in total. The molecule has 0 aliphatic rings. The summed E-state index contributed by atoms with van der Waals surface area (Å²) in [6.07, 6.45) is 0. The molecule has 76 valence electrons. The second kappa shape index (κ2) is 43.0. The van der Waals surface area contributed by atoms with Gasteiger partial charge in [0.2, 0.25) is 0 Å². The van der Waals surface area contributed by atoms with Crippen LogP contribution in [0.25, 0.3) is 0 Å². The van der Waals surface area contributed by atoms with E-state index >= 15 is 0 Å². The molecular weight excluding hydrogens is 170 g/mol. The topological polar surface area (TPSA) is 85.9 Å². The predicted molar refractivity (Wildman–Crippen MR) is 56.5 cm³/mol. The van der Waals surface area contributed by atoms with Gasteiger partial charge in [0.05, 0.1) is 15.7 Å². The van der Waals surface area contributed by atoms with Crippen molar-refractivity contribution in [3.05, 3.63) is 0 Å². The van der Waals surface area contributed by atoms with Crippen LogP contribution < -0.4 is 0 Å². The first-order valence-electron chi connectivity index (χ1n) is 3.29. The van der Waals surface area contributed by atoms with E-state index in [1.165, 1.54) is 27.5 Å². The fourth-order valence-electron chi connectivity index (χ4n) is 0. The van der Waals surface area contributed by atoms with Crippen molar-refractivity contribution in [2.75, 3.05) is 0 Å². The van der Waals surface area contributed by atoms with Gasteiger partial charge in [-0.2, -0.15) is 0 Å². The third kappa shape index (κ3) is 1610. The molecule has 4 radical (unpaired) electrons. The first-order chi connectivity index (χ1) is 5.46. The van der Waals surface area contributed by atoms with E-state index in [1.807, 2.05) is 0 Å². The Hall–Kier alpha value is -0.770. The summed E-state index contributed by atoms with van der Waals surface area (Å²) >= 11 is 0. The monoisotopic (exact) mass is 188 g/mol. The molecule has 0 rings (SSSR count). The summed E-state index contributed by atoms with van der Waals surface area (Å²) in [5, 5.41) is 7.42. The maximum absolute atomic E-state index is 9.44. The molecule has 0 spiro atoms. The number of hydrogen-bond acceptors (Lipinski definition) is 2. The number of carbonyl (C=O) groups is 2. The highest BCUT2D eigenvalue weighted by molar-refractivity contribution is 6.05. The minimum atomic E-state index is -0.833. The van der Waals surface area contributed by atoms with Crippen LogP contribution in [0.2, 0.25) is 13.6 Å². The molecule has 6 heteroatoms. The molecule has 0 aromatic carbocycles. The fourth-order valence-corrected chi connectivity index (χ4v) is 0. The predicted octanol–water partition coefficient (Wildman–Crippen LogP) is 0.267. The molecule has 0 fully saturated rings.